The van der Waals surface area contributed by atoms with E-state index in [-0.39, 0.29) is 0 Å². The molecular formula is C11H11BrN4OS. The van der Waals surface area contributed by atoms with Gasteiger partial charge in [-0.25, -0.2) is 4.98 Å². The van der Waals surface area contributed by atoms with E-state index < -0.39 is 0 Å². The molecule has 1 heterocycles. The number of nitrogens with zero attached hydrogens (tertiary/aromatic N) is 3. The van der Waals surface area contributed by atoms with E-state index in [9.17, 15) is 0 Å². The maximum Gasteiger partial charge on any atom is 0.164 e. The van der Waals surface area contributed by atoms with E-state index in [4.69, 9.17) is 22.7 Å². The minimum Gasteiger partial charge on any atom is -0.485 e. The average molecular weight is 327 g/mol. The van der Waals surface area contributed by atoms with Crippen molar-refractivity contribution in [2.24, 2.45) is 12.8 Å². The Morgan fingerprint density at radius 1 is 1.56 bits per heavy atom. The molecule has 1 aromatic carbocycles. The van der Waals surface area contributed by atoms with Gasteiger partial charge in [0.05, 0.1) is 5.56 Å². The van der Waals surface area contributed by atoms with Gasteiger partial charge in [0.2, 0.25) is 0 Å². The Morgan fingerprint density at radius 2 is 2.33 bits per heavy atom. The molecule has 2 aromatic rings. The molecule has 18 heavy (non-hydrogen) atoms. The predicted molar refractivity (Wildman–Crippen MR) is 75.4 cm³/mol. The van der Waals surface area contributed by atoms with Crippen LogP contribution in [-0.4, -0.2) is 19.8 Å². The fraction of sp³-hybridized carbons (Fsp3) is 0.182. The second kappa shape index (κ2) is 5.45. The first-order valence-electron chi connectivity index (χ1n) is 5.13. The molecule has 0 fully saturated rings. The van der Waals surface area contributed by atoms with Gasteiger partial charge < -0.3 is 10.5 Å². The summed E-state index contributed by atoms with van der Waals surface area (Å²) in [6.45, 7) is 0.313. The number of halogens is 1. The van der Waals surface area contributed by atoms with Gasteiger partial charge in [-0.05, 0) is 18.2 Å². The maximum absolute atomic E-state index is 5.67. The molecule has 0 atom stereocenters. The molecule has 0 saturated carbocycles. The van der Waals surface area contributed by atoms with E-state index in [2.05, 4.69) is 26.0 Å². The topological polar surface area (TPSA) is 66.0 Å². The monoisotopic (exact) mass is 326 g/mol. The van der Waals surface area contributed by atoms with Crippen molar-refractivity contribution >= 4 is 33.1 Å². The summed E-state index contributed by atoms with van der Waals surface area (Å²) >= 11 is 8.36. The molecule has 0 spiro atoms. The number of ether oxygens (including phenoxy) is 1. The SMILES string of the molecule is Cn1ncnc1COc1ccc(Br)cc1C(N)=S. The smallest absolute Gasteiger partial charge is 0.164 e. The van der Waals surface area contributed by atoms with Crippen LogP contribution in [0.3, 0.4) is 0 Å². The fourth-order valence-electron chi connectivity index (χ4n) is 1.41. The van der Waals surface area contributed by atoms with E-state index >= 15 is 0 Å². The summed E-state index contributed by atoms with van der Waals surface area (Å²) in [5.41, 5.74) is 6.36. The fourth-order valence-corrected chi connectivity index (χ4v) is 1.93. The number of nitrogens with two attached hydrogens (primary N) is 1. The summed E-state index contributed by atoms with van der Waals surface area (Å²) < 4.78 is 8.22. The van der Waals surface area contributed by atoms with Crippen molar-refractivity contribution in [3.8, 4) is 5.75 Å². The van der Waals surface area contributed by atoms with Crippen molar-refractivity contribution < 1.29 is 4.74 Å². The van der Waals surface area contributed by atoms with Crippen LogP contribution in [-0.2, 0) is 13.7 Å². The van der Waals surface area contributed by atoms with Crippen LogP contribution in [0.15, 0.2) is 29.0 Å². The summed E-state index contributed by atoms with van der Waals surface area (Å²) in [6.07, 6.45) is 1.48. The number of aromatic nitrogens is 3. The van der Waals surface area contributed by atoms with Crippen LogP contribution in [0.1, 0.15) is 11.4 Å². The van der Waals surface area contributed by atoms with Crippen molar-refractivity contribution in [1.82, 2.24) is 14.8 Å². The summed E-state index contributed by atoms with van der Waals surface area (Å²) in [6, 6.07) is 5.51. The quantitative estimate of drug-likeness (QED) is 0.868. The Balaban J connectivity index is 2.19. The molecule has 2 N–H and O–H groups in total. The summed E-state index contributed by atoms with van der Waals surface area (Å²) in [5, 5.41) is 3.97. The summed E-state index contributed by atoms with van der Waals surface area (Å²) in [7, 11) is 1.81. The minimum atomic E-state index is 0.296. The van der Waals surface area contributed by atoms with Crippen LogP contribution in [0.5, 0.6) is 5.75 Å². The zero-order valence-electron chi connectivity index (χ0n) is 9.63. The molecule has 2 rings (SSSR count). The van der Waals surface area contributed by atoms with Crippen LogP contribution in [0.25, 0.3) is 0 Å². The molecule has 0 aliphatic rings. The van der Waals surface area contributed by atoms with Crippen LogP contribution in [0.2, 0.25) is 0 Å². The second-order valence-corrected chi connectivity index (χ2v) is 4.95. The lowest BCUT2D eigenvalue weighted by Gasteiger charge is -2.10. The number of benzene rings is 1. The Labute approximate surface area is 118 Å². The highest BCUT2D eigenvalue weighted by Crippen LogP contribution is 2.23. The van der Waals surface area contributed by atoms with Crippen LogP contribution in [0, 0.1) is 0 Å². The van der Waals surface area contributed by atoms with Crippen LogP contribution >= 0.6 is 28.1 Å². The van der Waals surface area contributed by atoms with Gasteiger partial charge in [-0.3, -0.25) is 4.68 Å². The number of aryl methyl sites for hydroxylation is 1. The van der Waals surface area contributed by atoms with Gasteiger partial charge in [0, 0.05) is 11.5 Å². The Bertz CT molecular complexity index is 584. The first kappa shape index (κ1) is 13.0. The number of hydrogen-bond donors (Lipinski definition) is 1. The Kier molecular flexibility index (Phi) is 3.93. The number of thiocarbonyl (C=S) groups is 1. The van der Waals surface area contributed by atoms with Crippen molar-refractivity contribution in [2.45, 2.75) is 6.61 Å². The lowest BCUT2D eigenvalue weighted by molar-refractivity contribution is 0.289. The van der Waals surface area contributed by atoms with Gasteiger partial charge >= 0.3 is 0 Å². The Morgan fingerprint density at radius 3 is 2.94 bits per heavy atom. The molecule has 1 aromatic heterocycles. The third-order valence-corrected chi connectivity index (χ3v) is 3.08. The van der Waals surface area contributed by atoms with Gasteiger partial charge in [0.15, 0.2) is 5.82 Å². The van der Waals surface area contributed by atoms with Crippen molar-refractivity contribution in [3.05, 3.63) is 40.4 Å². The van der Waals surface area contributed by atoms with Gasteiger partial charge in [-0.2, -0.15) is 5.10 Å². The third-order valence-electron chi connectivity index (χ3n) is 2.37. The van der Waals surface area contributed by atoms with Gasteiger partial charge in [-0.1, -0.05) is 28.1 Å². The number of rotatable bonds is 4. The summed E-state index contributed by atoms with van der Waals surface area (Å²) in [4.78, 5) is 4.37. The minimum absolute atomic E-state index is 0.296. The molecule has 94 valence electrons. The highest BCUT2D eigenvalue weighted by Gasteiger charge is 2.09. The highest BCUT2D eigenvalue weighted by atomic mass is 79.9. The second-order valence-electron chi connectivity index (χ2n) is 3.59. The van der Waals surface area contributed by atoms with E-state index in [1.807, 2.05) is 25.2 Å². The van der Waals surface area contributed by atoms with Gasteiger partial charge in [-0.15, -0.1) is 0 Å². The van der Waals surface area contributed by atoms with Crippen molar-refractivity contribution in [2.75, 3.05) is 0 Å². The normalized spacial score (nSPS) is 10.3. The molecule has 5 nitrogen and oxygen atoms in total. The maximum atomic E-state index is 5.67. The molecule has 0 aliphatic heterocycles. The molecule has 0 bridgehead atoms. The van der Waals surface area contributed by atoms with Gasteiger partial charge in [0.1, 0.15) is 23.7 Å². The molecule has 0 amide bonds. The lowest BCUT2D eigenvalue weighted by atomic mass is 10.2. The standard InChI is InChI=1S/C11H11BrN4OS/c1-16-10(14-6-15-16)5-17-9-3-2-7(12)4-8(9)11(13)18/h2-4,6H,5H2,1H3,(H2,13,18). The Hall–Kier alpha value is -1.47. The van der Waals surface area contributed by atoms with Crippen LogP contribution in [0.4, 0.5) is 0 Å². The zero-order chi connectivity index (χ0) is 13.1. The molecule has 0 aliphatic carbocycles. The van der Waals surface area contributed by atoms with E-state index in [1.165, 1.54) is 6.33 Å². The van der Waals surface area contributed by atoms with Gasteiger partial charge in [0.25, 0.3) is 0 Å². The summed E-state index contributed by atoms with van der Waals surface area (Å²) in [5.74, 6) is 1.36. The van der Waals surface area contributed by atoms with E-state index in [0.717, 1.165) is 10.3 Å². The van der Waals surface area contributed by atoms with Crippen molar-refractivity contribution in [1.29, 1.82) is 0 Å². The van der Waals surface area contributed by atoms with Crippen LogP contribution < -0.4 is 10.5 Å². The molecule has 7 heteroatoms. The molecule has 0 saturated heterocycles. The predicted octanol–water partition coefficient (Wildman–Crippen LogP) is 1.79. The first-order valence-corrected chi connectivity index (χ1v) is 6.33. The number of hydrogen-bond acceptors (Lipinski definition) is 4. The largest absolute Gasteiger partial charge is 0.485 e. The zero-order valence-corrected chi connectivity index (χ0v) is 12.0. The average Bonchev–Trinajstić information content (AvgIpc) is 2.73. The molecular weight excluding hydrogens is 316 g/mol. The van der Waals surface area contributed by atoms with E-state index in [1.54, 1.807) is 4.68 Å². The van der Waals surface area contributed by atoms with Crippen molar-refractivity contribution in [3.63, 3.8) is 0 Å². The highest BCUT2D eigenvalue weighted by molar-refractivity contribution is 9.10. The van der Waals surface area contributed by atoms with E-state index in [0.29, 0.717) is 22.9 Å². The third kappa shape index (κ3) is 2.85. The lowest BCUT2D eigenvalue weighted by Crippen LogP contribution is -2.12. The molecule has 0 unspecified atom stereocenters. The first-order chi connectivity index (χ1) is 8.58. The molecule has 0 radical (unpaired) electrons.